The van der Waals surface area contributed by atoms with Crippen LogP contribution in [-0.4, -0.2) is 10.1 Å². The highest BCUT2D eigenvalue weighted by Gasteiger charge is 2.20. The fourth-order valence-electron chi connectivity index (χ4n) is 2.60. The number of hydrogen-bond acceptors (Lipinski definition) is 2. The van der Waals surface area contributed by atoms with E-state index in [9.17, 15) is 8.78 Å². The van der Waals surface area contributed by atoms with E-state index >= 15 is 0 Å². The van der Waals surface area contributed by atoms with Gasteiger partial charge in [-0.25, -0.2) is 8.78 Å². The molecule has 0 saturated carbocycles. The number of aromatic nitrogens is 2. The summed E-state index contributed by atoms with van der Waals surface area (Å²) in [6, 6.07) is 11.7. The third-order valence-corrected chi connectivity index (χ3v) is 3.65. The lowest BCUT2D eigenvalue weighted by molar-refractivity contribution is 0.432. The second-order valence-corrected chi connectivity index (χ2v) is 4.92. The van der Waals surface area contributed by atoms with E-state index in [1.54, 1.807) is 6.20 Å². The lowest BCUT2D eigenvalue weighted by atomic mass is 10.0. The normalized spacial score (nSPS) is 11.2. The molecule has 4 rings (SSSR count). The Morgan fingerprint density at radius 1 is 0.909 bits per heavy atom. The van der Waals surface area contributed by atoms with Gasteiger partial charge >= 0.3 is 0 Å². The van der Waals surface area contributed by atoms with Gasteiger partial charge in [0.1, 0.15) is 0 Å². The number of benzene rings is 2. The summed E-state index contributed by atoms with van der Waals surface area (Å²) in [5, 5.41) is 4.68. The van der Waals surface area contributed by atoms with Crippen LogP contribution in [0.4, 0.5) is 8.78 Å². The molecule has 2 heterocycles. The van der Waals surface area contributed by atoms with Gasteiger partial charge in [-0.15, -0.1) is 0 Å². The van der Waals surface area contributed by atoms with E-state index < -0.39 is 11.6 Å². The Bertz CT molecular complexity index is 972. The molecule has 0 radical (unpaired) electrons. The highest BCUT2D eigenvalue weighted by molar-refractivity contribution is 5.97. The number of fused-ring (bicyclic) bond motifs is 1. The number of H-pyrrole nitrogens is 1. The summed E-state index contributed by atoms with van der Waals surface area (Å²) in [4.78, 5) is 3.13. The first-order chi connectivity index (χ1) is 10.8. The average Bonchev–Trinajstić information content (AvgIpc) is 3.16. The molecule has 1 N–H and O–H groups in total. The molecule has 2 aromatic carbocycles. The molecule has 5 heteroatoms. The summed E-state index contributed by atoms with van der Waals surface area (Å²) >= 11 is 0. The smallest absolute Gasteiger partial charge is 0.176 e. The van der Waals surface area contributed by atoms with Crippen molar-refractivity contribution in [1.29, 1.82) is 0 Å². The number of halogens is 2. The number of nitrogens with one attached hydrogen (secondary N) is 1. The predicted octanol–water partition coefficient (Wildman–Crippen LogP) is 4.77. The first kappa shape index (κ1) is 12.8. The molecule has 0 atom stereocenters. The van der Waals surface area contributed by atoms with E-state index in [4.69, 9.17) is 4.52 Å². The van der Waals surface area contributed by atoms with Crippen LogP contribution in [0.1, 0.15) is 0 Å². The molecular weight excluding hydrogens is 286 g/mol. The molecule has 4 aromatic rings. The molecule has 0 amide bonds. The molecule has 0 bridgehead atoms. The molecule has 22 heavy (non-hydrogen) atoms. The summed E-state index contributed by atoms with van der Waals surface area (Å²) in [6.45, 7) is 0. The quantitative estimate of drug-likeness (QED) is 0.579. The molecule has 0 saturated heterocycles. The van der Waals surface area contributed by atoms with Gasteiger partial charge in [-0.2, -0.15) is 0 Å². The maximum absolute atomic E-state index is 14.0. The van der Waals surface area contributed by atoms with E-state index in [2.05, 4.69) is 10.1 Å². The molecule has 3 nitrogen and oxygen atoms in total. The maximum atomic E-state index is 14.0. The summed E-state index contributed by atoms with van der Waals surface area (Å²) in [5.41, 5.74) is 2.23. The van der Waals surface area contributed by atoms with Crippen LogP contribution < -0.4 is 0 Å². The Hall–Kier alpha value is -2.95. The Morgan fingerprint density at radius 2 is 1.77 bits per heavy atom. The minimum absolute atomic E-state index is 0.126. The van der Waals surface area contributed by atoms with E-state index in [1.165, 1.54) is 18.3 Å². The van der Waals surface area contributed by atoms with Crippen molar-refractivity contribution in [2.24, 2.45) is 0 Å². The molecule has 108 valence electrons. The van der Waals surface area contributed by atoms with Crippen LogP contribution in [0.25, 0.3) is 33.4 Å². The van der Waals surface area contributed by atoms with E-state index in [0.29, 0.717) is 11.3 Å². The minimum Gasteiger partial charge on any atom is -0.360 e. The van der Waals surface area contributed by atoms with Gasteiger partial charge in [-0.3, -0.25) is 0 Å². The molecule has 0 spiro atoms. The van der Waals surface area contributed by atoms with E-state index in [-0.39, 0.29) is 5.56 Å². The number of rotatable bonds is 2. The van der Waals surface area contributed by atoms with Crippen LogP contribution in [0, 0.1) is 11.6 Å². The van der Waals surface area contributed by atoms with Gasteiger partial charge in [-0.05, 0) is 12.1 Å². The molecule has 2 aromatic heterocycles. The van der Waals surface area contributed by atoms with Crippen LogP contribution in [-0.2, 0) is 0 Å². The zero-order chi connectivity index (χ0) is 15.1. The van der Waals surface area contributed by atoms with Crippen molar-refractivity contribution in [1.82, 2.24) is 10.1 Å². The third-order valence-electron chi connectivity index (χ3n) is 3.65. The second-order valence-electron chi connectivity index (χ2n) is 4.92. The highest BCUT2D eigenvalue weighted by atomic mass is 19.2. The van der Waals surface area contributed by atoms with Crippen LogP contribution in [0.3, 0.4) is 0 Å². The molecule has 0 aliphatic heterocycles. The van der Waals surface area contributed by atoms with Gasteiger partial charge in [0.05, 0.1) is 11.8 Å². The third kappa shape index (κ3) is 1.83. The summed E-state index contributed by atoms with van der Waals surface area (Å²) in [6.07, 6.45) is 3.17. The van der Waals surface area contributed by atoms with Crippen molar-refractivity contribution in [3.05, 3.63) is 66.5 Å². The molecule has 0 aliphatic carbocycles. The summed E-state index contributed by atoms with van der Waals surface area (Å²) in [5.74, 6) is -1.41. The maximum Gasteiger partial charge on any atom is 0.176 e. The van der Waals surface area contributed by atoms with E-state index in [1.807, 2.05) is 24.3 Å². The largest absolute Gasteiger partial charge is 0.360 e. The number of hydrogen-bond donors (Lipinski definition) is 1. The standard InChI is InChI=1S/C17H10F2N2O/c18-14-6-3-5-11(16(14)19)13-9-21-22-17(13)12-8-20-15-7-2-1-4-10(12)15/h1-9,20H. The predicted molar refractivity (Wildman–Crippen MR) is 79.1 cm³/mol. The van der Waals surface area contributed by atoms with Gasteiger partial charge in [0.25, 0.3) is 0 Å². The molecule has 0 unspecified atom stereocenters. The first-order valence-electron chi connectivity index (χ1n) is 6.71. The van der Waals surface area contributed by atoms with Crippen LogP contribution in [0.2, 0.25) is 0 Å². The topological polar surface area (TPSA) is 41.8 Å². The monoisotopic (exact) mass is 296 g/mol. The van der Waals surface area contributed by atoms with E-state index in [0.717, 1.165) is 22.5 Å². The SMILES string of the molecule is Fc1cccc(-c2cnoc2-c2c[nH]c3ccccc23)c1F. The molecule has 0 aliphatic rings. The van der Waals surface area contributed by atoms with Crippen molar-refractivity contribution in [2.75, 3.05) is 0 Å². The van der Waals surface area contributed by atoms with Gasteiger partial charge in [0, 0.05) is 28.2 Å². The zero-order valence-electron chi connectivity index (χ0n) is 11.3. The lowest BCUT2D eigenvalue weighted by Gasteiger charge is -2.03. The fraction of sp³-hybridized carbons (Fsp3) is 0. The Labute approximate surface area is 124 Å². The first-order valence-corrected chi connectivity index (χ1v) is 6.71. The number of para-hydroxylation sites is 1. The summed E-state index contributed by atoms with van der Waals surface area (Å²) in [7, 11) is 0. The van der Waals surface area contributed by atoms with Crippen molar-refractivity contribution >= 4 is 10.9 Å². The summed E-state index contributed by atoms with van der Waals surface area (Å²) < 4.78 is 32.8. The lowest BCUT2D eigenvalue weighted by Crippen LogP contribution is -1.89. The van der Waals surface area contributed by atoms with Gasteiger partial charge in [-0.1, -0.05) is 35.5 Å². The van der Waals surface area contributed by atoms with Crippen LogP contribution in [0.5, 0.6) is 0 Å². The van der Waals surface area contributed by atoms with Gasteiger partial charge < -0.3 is 9.51 Å². The second kappa shape index (κ2) is 4.80. The Kier molecular flexibility index (Phi) is 2.79. The fourth-order valence-corrected chi connectivity index (χ4v) is 2.60. The van der Waals surface area contributed by atoms with Crippen LogP contribution >= 0.6 is 0 Å². The Balaban J connectivity index is 1.96. The van der Waals surface area contributed by atoms with Gasteiger partial charge in [0.2, 0.25) is 0 Å². The molecule has 0 fully saturated rings. The molecular formula is C17H10F2N2O. The highest BCUT2D eigenvalue weighted by Crippen LogP contribution is 2.37. The average molecular weight is 296 g/mol. The van der Waals surface area contributed by atoms with Crippen molar-refractivity contribution in [3.8, 4) is 22.5 Å². The van der Waals surface area contributed by atoms with Gasteiger partial charge in [0.15, 0.2) is 17.4 Å². The van der Waals surface area contributed by atoms with Crippen molar-refractivity contribution in [3.63, 3.8) is 0 Å². The zero-order valence-corrected chi connectivity index (χ0v) is 11.3. The van der Waals surface area contributed by atoms with Crippen LogP contribution in [0.15, 0.2) is 59.4 Å². The number of aromatic amines is 1. The minimum atomic E-state index is -0.910. The van der Waals surface area contributed by atoms with Crippen molar-refractivity contribution in [2.45, 2.75) is 0 Å². The van der Waals surface area contributed by atoms with Crippen molar-refractivity contribution < 1.29 is 13.3 Å². The number of nitrogens with zero attached hydrogens (tertiary/aromatic N) is 1. The Morgan fingerprint density at radius 3 is 2.68 bits per heavy atom.